The van der Waals surface area contributed by atoms with Crippen molar-refractivity contribution in [3.05, 3.63) is 0 Å². The molecule has 100 valence electrons. The highest BCUT2D eigenvalue weighted by Gasteiger charge is 2.35. The van der Waals surface area contributed by atoms with E-state index in [4.69, 9.17) is 5.11 Å². The average molecular weight is 262 g/mol. The molecule has 0 spiro atoms. The van der Waals surface area contributed by atoms with E-state index in [0.29, 0.717) is 19.6 Å². The van der Waals surface area contributed by atoms with E-state index in [2.05, 4.69) is 5.32 Å². The fourth-order valence-electron chi connectivity index (χ4n) is 2.69. The maximum atomic E-state index is 12.4. The van der Waals surface area contributed by atoms with E-state index in [0.717, 1.165) is 32.2 Å². The third kappa shape index (κ3) is 2.99. The minimum atomic E-state index is -3.17. The smallest absolute Gasteiger partial charge is 0.218 e. The van der Waals surface area contributed by atoms with Crippen LogP contribution in [0.2, 0.25) is 0 Å². The Morgan fingerprint density at radius 2 is 2.12 bits per heavy atom. The Labute approximate surface area is 103 Å². The van der Waals surface area contributed by atoms with E-state index < -0.39 is 10.0 Å². The van der Waals surface area contributed by atoms with E-state index in [9.17, 15) is 8.42 Å². The predicted molar refractivity (Wildman–Crippen MR) is 66.2 cm³/mol. The zero-order valence-electron chi connectivity index (χ0n) is 10.1. The Morgan fingerprint density at radius 3 is 2.76 bits per heavy atom. The van der Waals surface area contributed by atoms with E-state index in [-0.39, 0.29) is 17.8 Å². The Balaban J connectivity index is 2.03. The lowest BCUT2D eigenvalue weighted by Crippen LogP contribution is -2.49. The molecule has 2 rings (SSSR count). The molecule has 0 bridgehead atoms. The Bertz CT molecular complexity index is 339. The summed E-state index contributed by atoms with van der Waals surface area (Å²) < 4.78 is 26.4. The lowest BCUT2D eigenvalue weighted by molar-refractivity contribution is 0.164. The molecule has 5 nitrogen and oxygen atoms in total. The third-order valence-corrected chi connectivity index (χ3v) is 6.07. The van der Waals surface area contributed by atoms with Crippen LogP contribution in [0.25, 0.3) is 0 Å². The number of piperidine rings is 2. The van der Waals surface area contributed by atoms with Crippen LogP contribution in [0.5, 0.6) is 0 Å². The molecule has 2 saturated heterocycles. The number of aliphatic hydroxyl groups is 1. The maximum absolute atomic E-state index is 12.4. The number of nitrogens with zero attached hydrogens (tertiary/aromatic N) is 1. The molecule has 2 unspecified atom stereocenters. The van der Waals surface area contributed by atoms with Crippen molar-refractivity contribution in [3.8, 4) is 0 Å². The van der Waals surface area contributed by atoms with Gasteiger partial charge in [0.05, 0.1) is 5.25 Å². The first-order valence-electron chi connectivity index (χ1n) is 6.45. The topological polar surface area (TPSA) is 69.6 Å². The summed E-state index contributed by atoms with van der Waals surface area (Å²) in [5, 5.41) is 12.0. The second-order valence-electron chi connectivity index (χ2n) is 5.06. The van der Waals surface area contributed by atoms with Crippen molar-refractivity contribution >= 4 is 10.0 Å². The predicted octanol–water partition coefficient (Wildman–Crippen LogP) is -0.227. The molecule has 0 aromatic rings. The number of hydrogen-bond acceptors (Lipinski definition) is 4. The van der Waals surface area contributed by atoms with Gasteiger partial charge < -0.3 is 10.4 Å². The van der Waals surface area contributed by atoms with Gasteiger partial charge in [-0.05, 0) is 38.1 Å². The fourth-order valence-corrected chi connectivity index (χ4v) is 4.71. The van der Waals surface area contributed by atoms with Crippen LogP contribution in [0.15, 0.2) is 0 Å². The second-order valence-corrected chi connectivity index (χ2v) is 7.28. The van der Waals surface area contributed by atoms with Gasteiger partial charge in [0.25, 0.3) is 0 Å². The Hall–Kier alpha value is -0.170. The van der Waals surface area contributed by atoms with E-state index >= 15 is 0 Å². The van der Waals surface area contributed by atoms with Gasteiger partial charge in [0, 0.05) is 26.2 Å². The molecule has 0 aromatic carbocycles. The van der Waals surface area contributed by atoms with Crippen molar-refractivity contribution < 1.29 is 13.5 Å². The van der Waals surface area contributed by atoms with Crippen LogP contribution < -0.4 is 5.32 Å². The van der Waals surface area contributed by atoms with Gasteiger partial charge in [-0.15, -0.1) is 0 Å². The van der Waals surface area contributed by atoms with Gasteiger partial charge in [-0.25, -0.2) is 12.7 Å². The van der Waals surface area contributed by atoms with E-state index in [1.165, 1.54) is 0 Å². The molecular weight excluding hydrogens is 240 g/mol. The summed E-state index contributed by atoms with van der Waals surface area (Å²) in [6.07, 6.45) is 3.49. The molecule has 0 saturated carbocycles. The fraction of sp³-hybridized carbons (Fsp3) is 1.00. The summed E-state index contributed by atoms with van der Waals surface area (Å²) in [4.78, 5) is 0. The van der Waals surface area contributed by atoms with Crippen molar-refractivity contribution in [2.45, 2.75) is 30.9 Å². The number of rotatable bonds is 3. The molecule has 0 amide bonds. The molecule has 2 N–H and O–H groups in total. The van der Waals surface area contributed by atoms with E-state index in [1.54, 1.807) is 4.31 Å². The average Bonchev–Trinajstić information content (AvgIpc) is 2.40. The van der Waals surface area contributed by atoms with Crippen LogP contribution >= 0.6 is 0 Å². The van der Waals surface area contributed by atoms with Gasteiger partial charge in [0.1, 0.15) is 0 Å². The summed E-state index contributed by atoms with van der Waals surface area (Å²) in [7, 11) is -3.17. The normalized spacial score (nSPS) is 32.5. The number of sulfonamides is 1. The highest BCUT2D eigenvalue weighted by molar-refractivity contribution is 7.89. The number of nitrogens with one attached hydrogen (secondary N) is 1. The minimum absolute atomic E-state index is 0.0922. The standard InChI is InChI=1S/C11H22N2O3S/c14-9-10-3-2-6-13(8-10)17(15,16)11-4-1-5-12-7-11/h10-12,14H,1-9H2. The van der Waals surface area contributed by atoms with Gasteiger partial charge in [-0.2, -0.15) is 0 Å². The molecule has 6 heteroatoms. The van der Waals surface area contributed by atoms with Crippen LogP contribution in [-0.2, 0) is 10.0 Å². The monoisotopic (exact) mass is 262 g/mol. The lowest BCUT2D eigenvalue weighted by Gasteiger charge is -2.35. The van der Waals surface area contributed by atoms with Gasteiger partial charge >= 0.3 is 0 Å². The quantitative estimate of drug-likeness (QED) is 0.737. The van der Waals surface area contributed by atoms with Crippen molar-refractivity contribution in [1.82, 2.24) is 9.62 Å². The zero-order valence-corrected chi connectivity index (χ0v) is 11.0. The molecule has 2 heterocycles. The first-order valence-corrected chi connectivity index (χ1v) is 7.95. The summed E-state index contributed by atoms with van der Waals surface area (Å²) in [5.41, 5.74) is 0. The molecular formula is C11H22N2O3S. The summed E-state index contributed by atoms with van der Waals surface area (Å²) >= 11 is 0. The third-order valence-electron chi connectivity index (χ3n) is 3.77. The van der Waals surface area contributed by atoms with Gasteiger partial charge in [-0.3, -0.25) is 0 Å². The van der Waals surface area contributed by atoms with Crippen LogP contribution in [0.1, 0.15) is 25.7 Å². The van der Waals surface area contributed by atoms with Gasteiger partial charge in [-0.1, -0.05) is 0 Å². The summed E-state index contributed by atoms with van der Waals surface area (Å²) in [6, 6.07) is 0. The highest BCUT2D eigenvalue weighted by Crippen LogP contribution is 2.23. The molecule has 2 aliphatic rings. The highest BCUT2D eigenvalue weighted by atomic mass is 32.2. The van der Waals surface area contributed by atoms with Gasteiger partial charge in [0.2, 0.25) is 10.0 Å². The first-order chi connectivity index (χ1) is 8.14. The van der Waals surface area contributed by atoms with Crippen molar-refractivity contribution in [3.63, 3.8) is 0 Å². The first kappa shape index (κ1) is 13.3. The van der Waals surface area contributed by atoms with Crippen LogP contribution in [0.3, 0.4) is 0 Å². The van der Waals surface area contributed by atoms with Crippen molar-refractivity contribution in [2.24, 2.45) is 5.92 Å². The largest absolute Gasteiger partial charge is 0.396 e. The van der Waals surface area contributed by atoms with E-state index in [1.807, 2.05) is 0 Å². The summed E-state index contributed by atoms with van der Waals surface area (Å²) in [5.74, 6) is 0.120. The Morgan fingerprint density at radius 1 is 1.29 bits per heavy atom. The Kier molecular flexibility index (Phi) is 4.41. The van der Waals surface area contributed by atoms with Crippen LogP contribution in [0.4, 0.5) is 0 Å². The molecule has 0 aromatic heterocycles. The molecule has 2 atom stereocenters. The lowest BCUT2D eigenvalue weighted by atomic mass is 10.0. The second kappa shape index (κ2) is 5.65. The molecule has 0 aliphatic carbocycles. The van der Waals surface area contributed by atoms with Crippen molar-refractivity contribution in [1.29, 1.82) is 0 Å². The number of hydrogen-bond donors (Lipinski definition) is 2. The molecule has 2 fully saturated rings. The van der Waals surface area contributed by atoms with Crippen molar-refractivity contribution in [2.75, 3.05) is 32.8 Å². The molecule has 0 radical (unpaired) electrons. The molecule has 17 heavy (non-hydrogen) atoms. The minimum Gasteiger partial charge on any atom is -0.396 e. The van der Waals surface area contributed by atoms with Crippen LogP contribution in [-0.4, -0.2) is 55.9 Å². The zero-order chi connectivity index (χ0) is 12.3. The molecule has 2 aliphatic heterocycles. The number of aliphatic hydroxyl groups excluding tert-OH is 1. The maximum Gasteiger partial charge on any atom is 0.218 e. The van der Waals surface area contributed by atoms with Gasteiger partial charge in [0.15, 0.2) is 0 Å². The SMILES string of the molecule is O=S(=O)(C1CCCNC1)N1CCCC(CO)C1. The summed E-state index contributed by atoms with van der Waals surface area (Å²) in [6.45, 7) is 2.70. The van der Waals surface area contributed by atoms with Crippen LogP contribution in [0, 0.1) is 5.92 Å².